The van der Waals surface area contributed by atoms with E-state index in [2.05, 4.69) is 9.71 Å². The van der Waals surface area contributed by atoms with Crippen LogP contribution < -0.4 is 14.2 Å². The van der Waals surface area contributed by atoms with Crippen LogP contribution in [0.1, 0.15) is 111 Å². The number of esters is 1. The number of aromatic nitrogens is 1. The van der Waals surface area contributed by atoms with E-state index in [1.54, 1.807) is 40.1 Å². The van der Waals surface area contributed by atoms with Crippen LogP contribution in [0.5, 0.6) is 11.6 Å². The predicted molar refractivity (Wildman–Crippen MR) is 204 cm³/mol. The Hall–Kier alpha value is -4.04. The monoisotopic (exact) mass is 781 g/mol. The summed E-state index contributed by atoms with van der Waals surface area (Å²) in [4.78, 5) is 62.2. The maximum absolute atomic E-state index is 14.6. The molecule has 5 atom stereocenters. The Bertz CT molecular complexity index is 1920. The number of ether oxygens (including phenoxy) is 3. The van der Waals surface area contributed by atoms with Crippen molar-refractivity contribution in [3.8, 4) is 11.6 Å². The quantitative estimate of drug-likeness (QED) is 0.206. The molecule has 2 aromatic rings. The predicted octanol–water partition coefficient (Wildman–Crippen LogP) is 6.14. The van der Waals surface area contributed by atoms with Crippen molar-refractivity contribution >= 4 is 44.6 Å². The molecule has 55 heavy (non-hydrogen) atoms. The molecule has 0 bridgehead atoms. The minimum atomic E-state index is -4.44. The molecular weight excluding hydrogens is 727 g/mol. The van der Waals surface area contributed by atoms with Gasteiger partial charge in [-0.3, -0.25) is 19.2 Å². The number of ketones is 1. The zero-order valence-corrected chi connectivity index (χ0v) is 33.5. The first-order valence-electron chi connectivity index (χ1n) is 19.6. The number of carbonyl (C=O) groups excluding carboxylic acids is 4. The summed E-state index contributed by atoms with van der Waals surface area (Å²) in [5.74, 6) is -2.11. The Morgan fingerprint density at radius 3 is 2.58 bits per heavy atom. The summed E-state index contributed by atoms with van der Waals surface area (Å²) in [6, 6.07) is 6.35. The lowest BCUT2D eigenvalue weighted by molar-refractivity contribution is -0.159. The number of fused-ring (bicyclic) bond motifs is 3. The molecule has 3 heterocycles. The van der Waals surface area contributed by atoms with Crippen LogP contribution in [-0.2, 0) is 38.4 Å². The maximum atomic E-state index is 14.6. The minimum Gasteiger partial charge on any atom is -0.497 e. The number of benzene rings is 1. The first-order valence-corrected chi connectivity index (χ1v) is 21.1. The third kappa shape index (κ3) is 9.86. The summed E-state index contributed by atoms with van der Waals surface area (Å²) in [7, 11) is -2.86. The summed E-state index contributed by atoms with van der Waals surface area (Å²) >= 11 is 0. The molecule has 1 aromatic carbocycles. The SMILES string of the molecule is CCCC1(OS(=O)(=O)NC(=O)[C@]23CC(=O)[C@@H]4C[C@@H](Oc5nccc6cc(OC)ccc56)CN4C(=O)[C@@H](CC(=O)OC(C)(C)C)CCCCC/C=C\[C@@H]2C3)CC1. The van der Waals surface area contributed by atoms with Gasteiger partial charge in [0.05, 0.1) is 37.1 Å². The van der Waals surface area contributed by atoms with Gasteiger partial charge < -0.3 is 19.1 Å². The number of nitrogens with zero attached hydrogens (tertiary/aromatic N) is 2. The van der Waals surface area contributed by atoms with Crippen molar-refractivity contribution in [3.05, 3.63) is 42.6 Å². The molecule has 6 rings (SSSR count). The number of allylic oxidation sites excluding steroid dienone is 2. The molecule has 0 unspecified atom stereocenters. The second kappa shape index (κ2) is 16.2. The van der Waals surface area contributed by atoms with Crippen LogP contribution in [0.25, 0.3) is 10.8 Å². The van der Waals surface area contributed by atoms with Gasteiger partial charge in [-0.05, 0) is 101 Å². The second-order valence-electron chi connectivity index (χ2n) is 16.8. The highest BCUT2D eigenvalue weighted by atomic mass is 32.2. The van der Waals surface area contributed by atoms with Crippen LogP contribution in [0.3, 0.4) is 0 Å². The largest absolute Gasteiger partial charge is 0.497 e. The molecule has 1 saturated heterocycles. The molecule has 2 aliphatic carbocycles. The normalized spacial score (nSPS) is 27.5. The lowest BCUT2D eigenvalue weighted by atomic mass is 9.90. The minimum absolute atomic E-state index is 0.0541. The van der Waals surface area contributed by atoms with Crippen molar-refractivity contribution in [2.75, 3.05) is 13.7 Å². The van der Waals surface area contributed by atoms with E-state index in [1.807, 2.05) is 37.3 Å². The number of hydrogen-bond acceptors (Lipinski definition) is 11. The van der Waals surface area contributed by atoms with Gasteiger partial charge in [0.15, 0.2) is 5.78 Å². The molecule has 0 radical (unpaired) electrons. The van der Waals surface area contributed by atoms with Crippen LogP contribution in [0.2, 0.25) is 0 Å². The average Bonchev–Trinajstić information content (AvgIpc) is 3.98. The van der Waals surface area contributed by atoms with Gasteiger partial charge in [0.25, 0.3) is 0 Å². The van der Waals surface area contributed by atoms with Crippen molar-refractivity contribution in [1.82, 2.24) is 14.6 Å². The number of amides is 2. The molecule has 3 fully saturated rings. The fourth-order valence-electron chi connectivity index (χ4n) is 8.16. The Morgan fingerprint density at radius 1 is 1.09 bits per heavy atom. The van der Waals surface area contributed by atoms with Gasteiger partial charge in [-0.25, -0.2) is 13.9 Å². The first kappa shape index (κ1) is 40.6. The van der Waals surface area contributed by atoms with Gasteiger partial charge in [0.2, 0.25) is 17.7 Å². The van der Waals surface area contributed by atoms with Gasteiger partial charge in [-0.2, -0.15) is 8.42 Å². The number of carbonyl (C=O) groups is 4. The molecule has 2 aliphatic heterocycles. The lowest BCUT2D eigenvalue weighted by Gasteiger charge is -2.29. The van der Waals surface area contributed by atoms with Gasteiger partial charge >= 0.3 is 16.3 Å². The van der Waals surface area contributed by atoms with E-state index >= 15 is 0 Å². The summed E-state index contributed by atoms with van der Waals surface area (Å²) in [5.41, 5.74) is -2.86. The molecule has 300 valence electrons. The third-order valence-corrected chi connectivity index (χ3v) is 12.2. The van der Waals surface area contributed by atoms with Crippen LogP contribution in [0.4, 0.5) is 0 Å². The van der Waals surface area contributed by atoms with E-state index in [1.165, 1.54) is 4.90 Å². The topological polar surface area (TPSA) is 167 Å². The van der Waals surface area contributed by atoms with Crippen molar-refractivity contribution in [3.63, 3.8) is 0 Å². The Labute approximate surface area is 324 Å². The molecule has 1 aromatic heterocycles. The fraction of sp³-hybridized carbons (Fsp3) is 0.634. The Balaban J connectivity index is 1.29. The zero-order valence-electron chi connectivity index (χ0n) is 32.6. The van der Waals surface area contributed by atoms with E-state index in [0.29, 0.717) is 43.7 Å². The number of nitrogens with one attached hydrogen (secondary N) is 1. The smallest absolute Gasteiger partial charge is 0.362 e. The van der Waals surface area contributed by atoms with Crippen LogP contribution in [0.15, 0.2) is 42.6 Å². The highest BCUT2D eigenvalue weighted by molar-refractivity contribution is 7.85. The lowest BCUT2D eigenvalue weighted by Crippen LogP contribution is -2.46. The summed E-state index contributed by atoms with van der Waals surface area (Å²) in [6.07, 6.45) is 10.8. The van der Waals surface area contributed by atoms with E-state index in [0.717, 1.165) is 36.5 Å². The molecule has 0 spiro atoms. The highest BCUT2D eigenvalue weighted by Gasteiger charge is 2.62. The number of pyridine rings is 1. The maximum Gasteiger partial charge on any atom is 0.362 e. The first-order chi connectivity index (χ1) is 26.1. The number of methoxy groups -OCH3 is 1. The van der Waals surface area contributed by atoms with E-state index in [-0.39, 0.29) is 49.8 Å². The number of Topliss-reactive ketones (excluding diaryl/α,β-unsaturated/α-hetero) is 1. The van der Waals surface area contributed by atoms with Gasteiger partial charge in [0.1, 0.15) is 17.5 Å². The van der Waals surface area contributed by atoms with Crippen LogP contribution in [-0.4, -0.2) is 78.9 Å². The number of rotatable bonds is 11. The van der Waals surface area contributed by atoms with Crippen molar-refractivity contribution < 1.29 is 46.0 Å². The molecule has 1 N–H and O–H groups in total. The van der Waals surface area contributed by atoms with Crippen molar-refractivity contribution in [2.45, 2.75) is 135 Å². The average molecular weight is 782 g/mol. The molecule has 2 amide bonds. The zero-order chi connectivity index (χ0) is 39.6. The van der Waals surface area contributed by atoms with Crippen LogP contribution in [0, 0.1) is 17.3 Å². The third-order valence-electron chi connectivity index (χ3n) is 11.2. The van der Waals surface area contributed by atoms with Gasteiger partial charge in [-0.1, -0.05) is 38.3 Å². The fourth-order valence-corrected chi connectivity index (χ4v) is 9.35. The van der Waals surface area contributed by atoms with Gasteiger partial charge in [0, 0.05) is 30.3 Å². The van der Waals surface area contributed by atoms with Gasteiger partial charge in [-0.15, -0.1) is 0 Å². The number of hydrogen-bond donors (Lipinski definition) is 1. The van der Waals surface area contributed by atoms with Crippen LogP contribution >= 0.6 is 0 Å². The summed E-state index contributed by atoms with van der Waals surface area (Å²) in [5, 5.41) is 1.57. The Morgan fingerprint density at radius 2 is 1.87 bits per heavy atom. The van der Waals surface area contributed by atoms with E-state index in [9.17, 15) is 27.6 Å². The standard InChI is InChI=1S/C41H55N3O10S/c1-6-17-40(18-19-40)54-55(49,50)43-38(48)41-24-29(41)13-11-9-7-8-10-12-28(22-35(46)53-39(2,3)4)37(47)44-26-31(23-33(44)34(45)25-41)52-36-32-15-14-30(51-5)21-27(32)16-20-42-36/h11,13-16,20-21,28-29,31,33H,6-10,12,17-19,22-26H2,1-5H3,(H,43,48)/b13-11-/t28-,29-,31-,33+,41-/m1/s1. The molecule has 14 heteroatoms. The second-order valence-corrected chi connectivity index (χ2v) is 18.0. The molecular formula is C41H55N3O10S. The summed E-state index contributed by atoms with van der Waals surface area (Å²) in [6.45, 7) is 7.32. The molecule has 4 aliphatic rings. The van der Waals surface area contributed by atoms with Crippen molar-refractivity contribution in [1.29, 1.82) is 0 Å². The van der Waals surface area contributed by atoms with Crippen molar-refractivity contribution in [2.24, 2.45) is 17.3 Å². The van der Waals surface area contributed by atoms with E-state index < -0.39 is 56.9 Å². The summed E-state index contributed by atoms with van der Waals surface area (Å²) < 4.78 is 51.4. The highest BCUT2D eigenvalue weighted by Crippen LogP contribution is 2.57. The molecule has 2 saturated carbocycles. The Kier molecular flexibility index (Phi) is 12.0. The van der Waals surface area contributed by atoms with E-state index in [4.69, 9.17) is 18.4 Å². The molecule has 13 nitrogen and oxygen atoms in total.